The summed E-state index contributed by atoms with van der Waals surface area (Å²) in [6, 6.07) is 0. The average Bonchev–Trinajstić information content (AvgIpc) is 2.27. The number of ether oxygens (including phenoxy) is 2. The highest BCUT2D eigenvalue weighted by molar-refractivity contribution is 5.89. The van der Waals surface area contributed by atoms with Crippen molar-refractivity contribution < 1.29 is 19.4 Å². The topological polar surface area (TPSA) is 55.8 Å². The Hall–Kier alpha value is -1.35. The first-order valence-corrected chi connectivity index (χ1v) is 6.31. The van der Waals surface area contributed by atoms with Crippen molar-refractivity contribution in [2.24, 2.45) is 5.41 Å². The van der Waals surface area contributed by atoms with Crippen molar-refractivity contribution in [3.05, 3.63) is 29.5 Å². The van der Waals surface area contributed by atoms with Gasteiger partial charge in [-0.15, -0.1) is 5.73 Å². The summed E-state index contributed by atoms with van der Waals surface area (Å²) in [7, 11) is 1.52. The number of rotatable bonds is 6. The van der Waals surface area contributed by atoms with Gasteiger partial charge in [-0.1, -0.05) is 32.9 Å². The molecule has 0 aliphatic carbocycles. The van der Waals surface area contributed by atoms with Crippen molar-refractivity contribution in [2.45, 2.75) is 33.8 Å². The molecule has 4 heteroatoms. The molecule has 0 aromatic heterocycles. The predicted octanol–water partition coefficient (Wildman–Crippen LogP) is 2.24. The number of carbonyl (C=O) groups is 1. The third-order valence-corrected chi connectivity index (χ3v) is 2.22. The minimum Gasteiger partial charge on any atom is -0.462 e. The maximum absolute atomic E-state index is 11.8. The maximum Gasteiger partial charge on any atom is 0.342 e. The van der Waals surface area contributed by atoms with Gasteiger partial charge >= 0.3 is 5.97 Å². The van der Waals surface area contributed by atoms with Crippen LogP contribution in [0.15, 0.2) is 29.5 Å². The molecular weight excluding hydrogens is 244 g/mol. The lowest BCUT2D eigenvalue weighted by molar-refractivity contribution is -0.139. The molecule has 0 saturated heterocycles. The molecule has 0 aliphatic rings. The molecule has 1 atom stereocenters. The van der Waals surface area contributed by atoms with Gasteiger partial charge in [0.05, 0.1) is 24.9 Å². The predicted molar refractivity (Wildman–Crippen MR) is 74.7 cm³/mol. The van der Waals surface area contributed by atoms with Crippen LogP contribution in [0.3, 0.4) is 0 Å². The van der Waals surface area contributed by atoms with Gasteiger partial charge < -0.3 is 14.6 Å². The lowest BCUT2D eigenvalue weighted by Crippen LogP contribution is -2.19. The molecule has 0 bridgehead atoms. The van der Waals surface area contributed by atoms with E-state index >= 15 is 0 Å². The summed E-state index contributed by atoms with van der Waals surface area (Å²) in [6.45, 7) is 8.10. The number of carbonyl (C=O) groups excluding carboxylic acids is 1. The first kappa shape index (κ1) is 17.6. The van der Waals surface area contributed by atoms with Crippen molar-refractivity contribution in [1.29, 1.82) is 0 Å². The first-order chi connectivity index (χ1) is 8.82. The quantitative estimate of drug-likeness (QED) is 0.347. The second-order valence-corrected chi connectivity index (χ2v) is 5.06. The molecule has 0 aromatic rings. The Bertz CT molecular complexity index is 368. The number of aliphatic hydroxyl groups excluding tert-OH is 1. The van der Waals surface area contributed by atoms with Crippen LogP contribution in [0.2, 0.25) is 0 Å². The van der Waals surface area contributed by atoms with E-state index in [1.807, 2.05) is 20.8 Å². The van der Waals surface area contributed by atoms with Crippen LogP contribution in [-0.4, -0.2) is 37.5 Å². The zero-order valence-corrected chi connectivity index (χ0v) is 12.4. The van der Waals surface area contributed by atoms with Gasteiger partial charge in [0, 0.05) is 12.5 Å². The van der Waals surface area contributed by atoms with Crippen LogP contribution < -0.4 is 0 Å². The fraction of sp³-hybridized carbons (Fsp3) is 0.600. The fourth-order valence-corrected chi connectivity index (χ4v) is 1.33. The lowest BCUT2D eigenvalue weighted by atomic mass is 9.87. The van der Waals surface area contributed by atoms with Crippen molar-refractivity contribution >= 4 is 5.97 Å². The van der Waals surface area contributed by atoms with Crippen LogP contribution in [0.25, 0.3) is 0 Å². The third kappa shape index (κ3) is 7.62. The Labute approximate surface area is 115 Å². The molecule has 0 rings (SSSR count). The molecule has 0 radical (unpaired) electrons. The normalized spacial score (nSPS) is 12.9. The molecular formula is C15H24O4. The Morgan fingerprint density at radius 2 is 2.05 bits per heavy atom. The van der Waals surface area contributed by atoms with Gasteiger partial charge in [-0.3, -0.25) is 0 Å². The Kier molecular flexibility index (Phi) is 8.08. The number of aliphatic hydroxyl groups is 1. The van der Waals surface area contributed by atoms with E-state index in [-0.39, 0.29) is 18.0 Å². The Balaban J connectivity index is 4.96. The molecule has 0 unspecified atom stereocenters. The van der Waals surface area contributed by atoms with E-state index in [0.29, 0.717) is 12.2 Å². The Morgan fingerprint density at radius 1 is 1.42 bits per heavy atom. The van der Waals surface area contributed by atoms with Crippen LogP contribution in [0.5, 0.6) is 0 Å². The van der Waals surface area contributed by atoms with E-state index in [4.69, 9.17) is 9.47 Å². The van der Waals surface area contributed by atoms with Crippen LogP contribution in [0, 0.1) is 5.41 Å². The monoisotopic (exact) mass is 268 g/mol. The molecule has 4 nitrogen and oxygen atoms in total. The van der Waals surface area contributed by atoms with Gasteiger partial charge in [0.15, 0.2) is 0 Å². The summed E-state index contributed by atoms with van der Waals surface area (Å²) >= 11 is 0. The van der Waals surface area contributed by atoms with E-state index in [9.17, 15) is 9.90 Å². The zero-order chi connectivity index (χ0) is 14.9. The van der Waals surface area contributed by atoms with Gasteiger partial charge in [0.25, 0.3) is 0 Å². The van der Waals surface area contributed by atoms with Gasteiger partial charge in [0.2, 0.25) is 0 Å². The van der Waals surface area contributed by atoms with Gasteiger partial charge in [-0.05, 0) is 13.0 Å². The molecule has 1 N–H and O–H groups in total. The number of methoxy groups -OCH3 is 1. The van der Waals surface area contributed by atoms with Crippen molar-refractivity contribution in [3.8, 4) is 0 Å². The second kappa shape index (κ2) is 8.70. The molecule has 0 aliphatic heterocycles. The van der Waals surface area contributed by atoms with Crippen LogP contribution in [0.1, 0.15) is 27.7 Å². The summed E-state index contributed by atoms with van der Waals surface area (Å²) in [5, 5.41) is 9.41. The number of hydrogen-bond acceptors (Lipinski definition) is 4. The maximum atomic E-state index is 11.8. The van der Waals surface area contributed by atoms with Crippen molar-refractivity contribution in [1.82, 2.24) is 0 Å². The van der Waals surface area contributed by atoms with Gasteiger partial charge in [-0.25, -0.2) is 4.79 Å². The minimum atomic E-state index is -0.663. The largest absolute Gasteiger partial charge is 0.462 e. The number of esters is 1. The Morgan fingerprint density at radius 3 is 2.53 bits per heavy atom. The van der Waals surface area contributed by atoms with Crippen molar-refractivity contribution in [3.63, 3.8) is 0 Å². The number of allylic oxidation sites excluding steroid dienone is 1. The second-order valence-electron chi connectivity index (χ2n) is 5.06. The van der Waals surface area contributed by atoms with Crippen molar-refractivity contribution in [2.75, 3.05) is 20.3 Å². The standard InChI is InChI=1S/C15H24O4/c1-6-19-14(17)13(15(2,3)4)10-8-7-9-12(16)11-18-5/h7-9,12,16H,6,11H2,1-5H3/b9-7+/t10?,12-/m1/s1. The van der Waals surface area contributed by atoms with Crippen LogP contribution in [-0.2, 0) is 14.3 Å². The van der Waals surface area contributed by atoms with E-state index in [0.717, 1.165) is 0 Å². The number of hydrogen-bond donors (Lipinski definition) is 1. The molecule has 0 saturated carbocycles. The highest BCUT2D eigenvalue weighted by Crippen LogP contribution is 2.25. The molecule has 0 heterocycles. The first-order valence-electron chi connectivity index (χ1n) is 6.31. The average molecular weight is 268 g/mol. The molecule has 0 fully saturated rings. The zero-order valence-electron chi connectivity index (χ0n) is 12.4. The van der Waals surface area contributed by atoms with Gasteiger partial charge in [0.1, 0.15) is 0 Å². The van der Waals surface area contributed by atoms with E-state index in [2.05, 4.69) is 5.73 Å². The van der Waals surface area contributed by atoms with E-state index in [1.54, 1.807) is 25.2 Å². The van der Waals surface area contributed by atoms with Gasteiger partial charge in [-0.2, -0.15) is 0 Å². The summed E-state index contributed by atoms with van der Waals surface area (Å²) in [6.07, 6.45) is 4.14. The fourth-order valence-electron chi connectivity index (χ4n) is 1.33. The van der Waals surface area contributed by atoms with E-state index < -0.39 is 6.10 Å². The smallest absolute Gasteiger partial charge is 0.342 e. The minimum absolute atomic E-state index is 0.234. The highest BCUT2D eigenvalue weighted by atomic mass is 16.5. The highest BCUT2D eigenvalue weighted by Gasteiger charge is 2.24. The summed E-state index contributed by atoms with van der Waals surface area (Å²) < 4.78 is 9.79. The molecule has 108 valence electrons. The van der Waals surface area contributed by atoms with Crippen LogP contribution in [0.4, 0.5) is 0 Å². The SMILES string of the molecule is CCOC(=O)C(=C=C/C=C/[C@@H](O)COC)C(C)(C)C. The summed E-state index contributed by atoms with van der Waals surface area (Å²) in [5.41, 5.74) is 3.05. The summed E-state index contributed by atoms with van der Waals surface area (Å²) in [4.78, 5) is 11.8. The summed E-state index contributed by atoms with van der Waals surface area (Å²) in [5.74, 6) is -0.364. The third-order valence-electron chi connectivity index (χ3n) is 2.22. The van der Waals surface area contributed by atoms with E-state index in [1.165, 1.54) is 7.11 Å². The molecule has 0 aromatic carbocycles. The lowest BCUT2D eigenvalue weighted by Gasteiger charge is -2.18. The molecule has 0 amide bonds. The van der Waals surface area contributed by atoms with Crippen LogP contribution >= 0.6 is 0 Å². The molecule has 0 spiro atoms. The molecule has 19 heavy (non-hydrogen) atoms.